The van der Waals surface area contributed by atoms with Gasteiger partial charge in [-0.25, -0.2) is 4.79 Å². The van der Waals surface area contributed by atoms with E-state index in [2.05, 4.69) is 10.6 Å². The van der Waals surface area contributed by atoms with Crippen LogP contribution in [0.15, 0.2) is 48.5 Å². The summed E-state index contributed by atoms with van der Waals surface area (Å²) in [6.07, 6.45) is 0. The molecule has 0 saturated heterocycles. The molecule has 26 heavy (non-hydrogen) atoms. The molecule has 2 aromatic carbocycles. The summed E-state index contributed by atoms with van der Waals surface area (Å²) >= 11 is 5.94. The Bertz CT molecular complexity index is 767. The lowest BCUT2D eigenvalue weighted by Crippen LogP contribution is -2.31. The normalized spacial score (nSPS) is 11.5. The van der Waals surface area contributed by atoms with Crippen molar-refractivity contribution in [2.45, 2.75) is 13.0 Å². The first-order valence-corrected chi connectivity index (χ1v) is 8.54. The fraction of sp³-hybridized carbons (Fsp3) is 0.263. The summed E-state index contributed by atoms with van der Waals surface area (Å²) < 4.78 is 5.09. The Balaban J connectivity index is 1.90. The number of amides is 1. The molecule has 0 radical (unpaired) electrons. The maximum absolute atomic E-state index is 12.2. The van der Waals surface area contributed by atoms with Gasteiger partial charge in [-0.05, 0) is 36.8 Å². The molecule has 2 rings (SSSR count). The molecular formula is C19H21ClN2O4. The van der Waals surface area contributed by atoms with Gasteiger partial charge < -0.3 is 20.5 Å². The van der Waals surface area contributed by atoms with Gasteiger partial charge in [0.2, 0.25) is 0 Å². The maximum atomic E-state index is 12.2. The minimum Gasteiger partial charge on any atom is -0.452 e. The number of carbonyl (C=O) groups is 2. The van der Waals surface area contributed by atoms with Crippen LogP contribution in [0.1, 0.15) is 28.9 Å². The molecule has 0 saturated carbocycles. The minimum atomic E-state index is -0.614. The Labute approximate surface area is 157 Å². The zero-order valence-electron chi connectivity index (χ0n) is 14.4. The number of hydrogen-bond donors (Lipinski definition) is 3. The van der Waals surface area contributed by atoms with Crippen LogP contribution >= 0.6 is 11.6 Å². The van der Waals surface area contributed by atoms with E-state index in [9.17, 15) is 9.59 Å². The second-order valence-electron chi connectivity index (χ2n) is 5.62. The van der Waals surface area contributed by atoms with Gasteiger partial charge in [-0.15, -0.1) is 0 Å². The van der Waals surface area contributed by atoms with Crippen molar-refractivity contribution in [2.75, 3.05) is 25.1 Å². The van der Waals surface area contributed by atoms with Gasteiger partial charge in [-0.3, -0.25) is 4.79 Å². The van der Waals surface area contributed by atoms with Crippen LogP contribution in [-0.4, -0.2) is 36.7 Å². The third-order valence-electron chi connectivity index (χ3n) is 3.63. The smallest absolute Gasteiger partial charge is 0.340 e. The Kier molecular flexibility index (Phi) is 7.44. The number of aliphatic hydroxyl groups is 1. The van der Waals surface area contributed by atoms with E-state index < -0.39 is 18.5 Å². The Morgan fingerprint density at radius 3 is 2.69 bits per heavy atom. The Hall–Kier alpha value is -2.57. The molecule has 3 N–H and O–H groups in total. The van der Waals surface area contributed by atoms with Crippen LogP contribution in [0.3, 0.4) is 0 Å². The molecule has 0 unspecified atom stereocenters. The fourth-order valence-electron chi connectivity index (χ4n) is 2.36. The van der Waals surface area contributed by atoms with Crippen molar-refractivity contribution in [3.63, 3.8) is 0 Å². The number of rotatable bonds is 8. The largest absolute Gasteiger partial charge is 0.452 e. The van der Waals surface area contributed by atoms with E-state index in [1.807, 2.05) is 13.0 Å². The van der Waals surface area contributed by atoms with Crippen molar-refractivity contribution in [2.24, 2.45) is 0 Å². The van der Waals surface area contributed by atoms with Crippen LogP contribution in [0.25, 0.3) is 0 Å². The van der Waals surface area contributed by atoms with Crippen molar-refractivity contribution in [3.8, 4) is 0 Å². The summed E-state index contributed by atoms with van der Waals surface area (Å²) in [5.74, 6) is -1.02. The molecule has 0 heterocycles. The van der Waals surface area contributed by atoms with E-state index in [1.165, 1.54) is 0 Å². The average Bonchev–Trinajstić information content (AvgIpc) is 2.64. The molecule has 6 nitrogen and oxygen atoms in total. The van der Waals surface area contributed by atoms with E-state index in [0.717, 1.165) is 5.56 Å². The van der Waals surface area contributed by atoms with Gasteiger partial charge >= 0.3 is 5.97 Å². The molecule has 1 atom stereocenters. The number of anilines is 1. The first kappa shape index (κ1) is 19.8. The molecule has 0 aliphatic heterocycles. The standard InChI is InChI=1S/C19H21ClN2O4/c1-13(14-5-4-6-15(20)11-14)22-18(24)12-26-19(25)16-7-2-3-8-17(16)21-9-10-23/h2-8,11,13,21,23H,9-10,12H2,1H3,(H,22,24)/t13-/m1/s1. The highest BCUT2D eigenvalue weighted by Gasteiger charge is 2.15. The number of halogens is 1. The van der Waals surface area contributed by atoms with Crippen molar-refractivity contribution < 1.29 is 19.4 Å². The van der Waals surface area contributed by atoms with Gasteiger partial charge in [0.15, 0.2) is 6.61 Å². The number of hydrogen-bond acceptors (Lipinski definition) is 5. The van der Waals surface area contributed by atoms with Crippen molar-refractivity contribution >= 4 is 29.2 Å². The topological polar surface area (TPSA) is 87.7 Å². The number of nitrogens with one attached hydrogen (secondary N) is 2. The third kappa shape index (κ3) is 5.75. The number of aliphatic hydroxyl groups excluding tert-OH is 1. The monoisotopic (exact) mass is 376 g/mol. The summed E-state index contributed by atoms with van der Waals surface area (Å²) in [7, 11) is 0. The predicted molar refractivity (Wildman–Crippen MR) is 100 cm³/mol. The van der Waals surface area contributed by atoms with Gasteiger partial charge in [-0.1, -0.05) is 35.9 Å². The molecular weight excluding hydrogens is 356 g/mol. The maximum Gasteiger partial charge on any atom is 0.340 e. The fourth-order valence-corrected chi connectivity index (χ4v) is 2.56. The molecule has 0 aromatic heterocycles. The minimum absolute atomic E-state index is 0.0623. The summed E-state index contributed by atoms with van der Waals surface area (Å²) in [4.78, 5) is 24.2. The zero-order chi connectivity index (χ0) is 18.9. The van der Waals surface area contributed by atoms with Crippen molar-refractivity contribution in [1.82, 2.24) is 5.32 Å². The van der Waals surface area contributed by atoms with Gasteiger partial charge in [0.1, 0.15) is 0 Å². The molecule has 1 amide bonds. The summed E-state index contributed by atoms with van der Waals surface area (Å²) in [6, 6.07) is 13.7. The van der Waals surface area contributed by atoms with Crippen molar-refractivity contribution in [3.05, 3.63) is 64.7 Å². The zero-order valence-corrected chi connectivity index (χ0v) is 15.1. The highest BCUT2D eigenvalue weighted by molar-refractivity contribution is 6.30. The van der Waals surface area contributed by atoms with Crippen LogP contribution < -0.4 is 10.6 Å². The second-order valence-corrected chi connectivity index (χ2v) is 6.05. The molecule has 7 heteroatoms. The lowest BCUT2D eigenvalue weighted by Gasteiger charge is -2.15. The van der Waals surface area contributed by atoms with Crippen LogP contribution in [0.4, 0.5) is 5.69 Å². The van der Waals surface area contributed by atoms with Crippen LogP contribution in [-0.2, 0) is 9.53 Å². The summed E-state index contributed by atoms with van der Waals surface area (Å²) in [5.41, 5.74) is 1.70. The van der Waals surface area contributed by atoms with Gasteiger partial charge in [0, 0.05) is 17.3 Å². The second kappa shape index (κ2) is 9.79. The first-order chi connectivity index (χ1) is 12.5. The lowest BCUT2D eigenvalue weighted by atomic mass is 10.1. The number of carbonyl (C=O) groups excluding carboxylic acids is 2. The number of ether oxygens (including phenoxy) is 1. The quantitative estimate of drug-likeness (QED) is 0.616. The SMILES string of the molecule is C[C@@H](NC(=O)COC(=O)c1ccccc1NCCO)c1cccc(Cl)c1. The van der Waals surface area contributed by atoms with E-state index in [-0.39, 0.29) is 12.6 Å². The van der Waals surface area contributed by atoms with E-state index in [1.54, 1.807) is 42.5 Å². The van der Waals surface area contributed by atoms with Gasteiger partial charge in [0.25, 0.3) is 5.91 Å². The van der Waals surface area contributed by atoms with Crippen LogP contribution in [0.2, 0.25) is 5.02 Å². The Morgan fingerprint density at radius 2 is 1.96 bits per heavy atom. The molecule has 0 fully saturated rings. The summed E-state index contributed by atoms with van der Waals surface area (Å²) in [6.45, 7) is 1.67. The number of esters is 1. The first-order valence-electron chi connectivity index (χ1n) is 8.17. The Morgan fingerprint density at radius 1 is 1.19 bits per heavy atom. The lowest BCUT2D eigenvalue weighted by molar-refractivity contribution is -0.124. The van der Waals surface area contributed by atoms with E-state index in [0.29, 0.717) is 22.8 Å². The highest BCUT2D eigenvalue weighted by atomic mass is 35.5. The van der Waals surface area contributed by atoms with E-state index in [4.69, 9.17) is 21.4 Å². The number of benzene rings is 2. The third-order valence-corrected chi connectivity index (χ3v) is 3.87. The van der Waals surface area contributed by atoms with Crippen molar-refractivity contribution in [1.29, 1.82) is 0 Å². The van der Waals surface area contributed by atoms with Crippen LogP contribution in [0.5, 0.6) is 0 Å². The molecule has 2 aromatic rings. The highest BCUT2D eigenvalue weighted by Crippen LogP contribution is 2.18. The molecule has 138 valence electrons. The molecule has 0 bridgehead atoms. The molecule has 0 aliphatic carbocycles. The predicted octanol–water partition coefficient (Wildman–Crippen LogP) is 2.78. The van der Waals surface area contributed by atoms with E-state index >= 15 is 0 Å². The van der Waals surface area contributed by atoms with Gasteiger partial charge in [-0.2, -0.15) is 0 Å². The molecule has 0 spiro atoms. The summed E-state index contributed by atoms with van der Waals surface area (Å²) in [5, 5.41) is 15.2. The molecule has 0 aliphatic rings. The average molecular weight is 377 g/mol. The number of para-hydroxylation sites is 1. The van der Waals surface area contributed by atoms with Gasteiger partial charge in [0.05, 0.1) is 18.2 Å². The van der Waals surface area contributed by atoms with Crippen LogP contribution in [0, 0.1) is 0 Å².